The van der Waals surface area contributed by atoms with Crippen LogP contribution in [-0.2, 0) is 11.3 Å². The highest BCUT2D eigenvalue weighted by Gasteiger charge is 2.34. The topological polar surface area (TPSA) is 99.2 Å². The Morgan fingerprint density at radius 2 is 2.31 bits per heavy atom. The van der Waals surface area contributed by atoms with Gasteiger partial charge in [-0.3, -0.25) is 4.79 Å². The van der Waals surface area contributed by atoms with Crippen LogP contribution in [0.4, 0.5) is 0 Å². The van der Waals surface area contributed by atoms with Crippen molar-refractivity contribution in [3.8, 4) is 23.0 Å². The Bertz CT molecular complexity index is 928. The summed E-state index contributed by atoms with van der Waals surface area (Å²) in [7, 11) is 0. The molecule has 134 valence electrons. The molecule has 1 atom stereocenters. The molecule has 0 saturated carbocycles. The molecule has 3 aromatic heterocycles. The maximum Gasteiger partial charge on any atom is 0.281 e. The summed E-state index contributed by atoms with van der Waals surface area (Å²) < 4.78 is 12.6. The zero-order valence-corrected chi connectivity index (χ0v) is 14.7. The monoisotopic (exact) mass is 372 g/mol. The smallest absolute Gasteiger partial charge is 0.281 e. The molecule has 2 aliphatic heterocycles. The van der Waals surface area contributed by atoms with E-state index in [9.17, 15) is 4.79 Å². The van der Waals surface area contributed by atoms with Crippen LogP contribution in [0.25, 0.3) is 23.0 Å². The molecule has 0 bridgehead atoms. The molecule has 0 N–H and O–H groups in total. The molecule has 0 aliphatic carbocycles. The number of hydrogen-bond donors (Lipinski definition) is 0. The standard InChI is InChI=1S/C16H16N6O3S/c23-16-13-12(15-17-14(19-25-15)10-3-7-26-9-10)18-20-22(13)5-4-21(16)8-11-2-1-6-24-11/h3,7,9,11H,1-2,4-6,8H2/t11-/m0/s1. The SMILES string of the molecule is O=C1c2c(-c3nc(-c4ccsc4)no3)nnn2CCN1C[C@@H]1CCCO1. The first-order valence-corrected chi connectivity index (χ1v) is 9.45. The number of thiophene rings is 1. The van der Waals surface area contributed by atoms with E-state index < -0.39 is 0 Å². The average molecular weight is 372 g/mol. The molecule has 2 aliphatic rings. The Balaban J connectivity index is 1.44. The van der Waals surface area contributed by atoms with Gasteiger partial charge < -0.3 is 14.2 Å². The van der Waals surface area contributed by atoms with Gasteiger partial charge in [0.25, 0.3) is 11.8 Å². The first-order chi connectivity index (χ1) is 12.8. The van der Waals surface area contributed by atoms with Crippen molar-refractivity contribution >= 4 is 17.2 Å². The van der Waals surface area contributed by atoms with E-state index in [-0.39, 0.29) is 17.9 Å². The third kappa shape index (κ3) is 2.61. The van der Waals surface area contributed by atoms with E-state index in [0.29, 0.717) is 36.8 Å². The predicted molar refractivity (Wildman–Crippen MR) is 91.5 cm³/mol. The maximum absolute atomic E-state index is 13.0. The lowest BCUT2D eigenvalue weighted by atomic mass is 10.2. The van der Waals surface area contributed by atoms with E-state index in [1.165, 1.54) is 0 Å². The molecule has 3 aromatic rings. The summed E-state index contributed by atoms with van der Waals surface area (Å²) in [5, 5.41) is 16.1. The Morgan fingerprint density at radius 1 is 1.35 bits per heavy atom. The van der Waals surface area contributed by atoms with Crippen LogP contribution in [-0.4, -0.2) is 61.7 Å². The number of nitrogens with zero attached hydrogens (tertiary/aromatic N) is 6. The van der Waals surface area contributed by atoms with Crippen molar-refractivity contribution in [2.24, 2.45) is 0 Å². The van der Waals surface area contributed by atoms with Crippen LogP contribution < -0.4 is 0 Å². The minimum absolute atomic E-state index is 0.110. The number of hydrogen-bond acceptors (Lipinski definition) is 8. The number of amides is 1. The van der Waals surface area contributed by atoms with Gasteiger partial charge in [-0.15, -0.1) is 5.10 Å². The number of aromatic nitrogens is 5. The molecule has 0 spiro atoms. The molecule has 0 unspecified atom stereocenters. The van der Waals surface area contributed by atoms with Crippen molar-refractivity contribution in [2.45, 2.75) is 25.5 Å². The van der Waals surface area contributed by atoms with Gasteiger partial charge in [0.05, 0.1) is 12.6 Å². The van der Waals surface area contributed by atoms with Gasteiger partial charge in [-0.1, -0.05) is 10.4 Å². The molecule has 1 saturated heterocycles. The van der Waals surface area contributed by atoms with Gasteiger partial charge in [0.15, 0.2) is 11.4 Å². The summed E-state index contributed by atoms with van der Waals surface area (Å²) in [6, 6.07) is 1.91. The van der Waals surface area contributed by atoms with Gasteiger partial charge in [-0.05, 0) is 24.3 Å². The first kappa shape index (κ1) is 15.6. The van der Waals surface area contributed by atoms with Crippen molar-refractivity contribution in [1.82, 2.24) is 30.0 Å². The molecule has 1 fully saturated rings. The lowest BCUT2D eigenvalue weighted by molar-refractivity contribution is 0.0468. The first-order valence-electron chi connectivity index (χ1n) is 8.50. The van der Waals surface area contributed by atoms with E-state index in [1.54, 1.807) is 20.9 Å². The second-order valence-corrected chi connectivity index (χ2v) is 7.11. The Kier molecular flexibility index (Phi) is 3.79. The van der Waals surface area contributed by atoms with Gasteiger partial charge in [0, 0.05) is 30.6 Å². The fourth-order valence-electron chi connectivity index (χ4n) is 3.33. The Hall–Kier alpha value is -2.59. The molecule has 1 amide bonds. The molecule has 5 rings (SSSR count). The van der Waals surface area contributed by atoms with E-state index >= 15 is 0 Å². The van der Waals surface area contributed by atoms with Crippen LogP contribution in [0.2, 0.25) is 0 Å². The van der Waals surface area contributed by atoms with Crippen LogP contribution >= 0.6 is 11.3 Å². The van der Waals surface area contributed by atoms with Gasteiger partial charge >= 0.3 is 0 Å². The zero-order valence-electron chi connectivity index (χ0n) is 13.9. The van der Waals surface area contributed by atoms with Crippen LogP contribution in [0.1, 0.15) is 23.3 Å². The average Bonchev–Trinajstić information content (AvgIpc) is 3.44. The van der Waals surface area contributed by atoms with Gasteiger partial charge in [0.2, 0.25) is 5.82 Å². The minimum Gasteiger partial charge on any atom is -0.376 e. The second-order valence-electron chi connectivity index (χ2n) is 6.33. The molecule has 9 nitrogen and oxygen atoms in total. The van der Waals surface area contributed by atoms with E-state index in [1.807, 2.05) is 16.8 Å². The molecular weight excluding hydrogens is 356 g/mol. The highest BCUT2D eigenvalue weighted by atomic mass is 32.1. The van der Waals surface area contributed by atoms with Crippen LogP contribution in [0.15, 0.2) is 21.3 Å². The van der Waals surface area contributed by atoms with E-state index in [2.05, 4.69) is 20.5 Å². The third-order valence-electron chi connectivity index (χ3n) is 4.66. The van der Waals surface area contributed by atoms with Crippen LogP contribution in [0.5, 0.6) is 0 Å². The van der Waals surface area contributed by atoms with E-state index in [0.717, 1.165) is 25.0 Å². The fourth-order valence-corrected chi connectivity index (χ4v) is 3.96. The van der Waals surface area contributed by atoms with Gasteiger partial charge in [-0.2, -0.15) is 16.3 Å². The summed E-state index contributed by atoms with van der Waals surface area (Å²) >= 11 is 1.55. The number of fused-ring (bicyclic) bond motifs is 1. The lowest BCUT2D eigenvalue weighted by Crippen LogP contribution is -2.44. The largest absolute Gasteiger partial charge is 0.376 e. The van der Waals surface area contributed by atoms with Crippen molar-refractivity contribution < 1.29 is 14.1 Å². The number of rotatable bonds is 4. The van der Waals surface area contributed by atoms with Crippen LogP contribution in [0, 0.1) is 0 Å². The Morgan fingerprint density at radius 3 is 3.12 bits per heavy atom. The molecule has 10 heteroatoms. The molecular formula is C16H16N6O3S. The normalized spacial score (nSPS) is 19.9. The molecule has 5 heterocycles. The summed E-state index contributed by atoms with van der Waals surface area (Å²) in [5.74, 6) is 0.560. The number of ether oxygens (including phenoxy) is 1. The fraction of sp³-hybridized carbons (Fsp3) is 0.438. The maximum atomic E-state index is 13.0. The summed E-state index contributed by atoms with van der Waals surface area (Å²) in [4.78, 5) is 19.2. The van der Waals surface area contributed by atoms with Crippen molar-refractivity contribution in [2.75, 3.05) is 19.7 Å². The molecule has 0 radical (unpaired) electrons. The summed E-state index contributed by atoms with van der Waals surface area (Å²) in [6.45, 7) is 2.54. The zero-order chi connectivity index (χ0) is 17.5. The molecule has 26 heavy (non-hydrogen) atoms. The Labute approximate surface area is 152 Å². The summed E-state index contributed by atoms with van der Waals surface area (Å²) in [5.41, 5.74) is 1.60. The minimum atomic E-state index is -0.123. The highest BCUT2D eigenvalue weighted by molar-refractivity contribution is 7.08. The van der Waals surface area contributed by atoms with Crippen LogP contribution in [0.3, 0.4) is 0 Å². The van der Waals surface area contributed by atoms with Crippen molar-refractivity contribution in [3.63, 3.8) is 0 Å². The van der Waals surface area contributed by atoms with Crippen molar-refractivity contribution in [3.05, 3.63) is 22.5 Å². The third-order valence-corrected chi connectivity index (χ3v) is 5.35. The molecule has 0 aromatic carbocycles. The van der Waals surface area contributed by atoms with Crippen molar-refractivity contribution in [1.29, 1.82) is 0 Å². The van der Waals surface area contributed by atoms with E-state index in [4.69, 9.17) is 9.26 Å². The van der Waals surface area contributed by atoms with Gasteiger partial charge in [-0.25, -0.2) is 4.68 Å². The highest BCUT2D eigenvalue weighted by Crippen LogP contribution is 2.27. The van der Waals surface area contributed by atoms with Gasteiger partial charge in [0.1, 0.15) is 0 Å². The number of carbonyl (C=O) groups is 1. The summed E-state index contributed by atoms with van der Waals surface area (Å²) in [6.07, 6.45) is 2.14. The second kappa shape index (κ2) is 6.29. The number of carbonyl (C=O) groups excluding carboxylic acids is 1. The predicted octanol–water partition coefficient (Wildman–Crippen LogP) is 1.69. The quantitative estimate of drug-likeness (QED) is 0.687. The lowest BCUT2D eigenvalue weighted by Gasteiger charge is -2.29.